The molecule has 0 saturated carbocycles. The second kappa shape index (κ2) is 5.10. The Labute approximate surface area is 123 Å². The average molecular weight is 337 g/mol. The molecule has 3 rings (SSSR count). The summed E-state index contributed by atoms with van der Waals surface area (Å²) in [6.45, 7) is 0. The molecule has 1 aliphatic rings. The zero-order valence-electron chi connectivity index (χ0n) is 9.90. The minimum atomic E-state index is -0.454. The lowest BCUT2D eigenvalue weighted by atomic mass is 10.0. The third kappa shape index (κ3) is 2.47. The van der Waals surface area contributed by atoms with Crippen molar-refractivity contribution in [3.05, 3.63) is 63.9 Å². The fourth-order valence-corrected chi connectivity index (χ4v) is 3.81. The molecule has 1 atom stereocenters. The quantitative estimate of drug-likeness (QED) is 0.751. The van der Waals surface area contributed by atoms with Crippen LogP contribution >= 0.6 is 27.7 Å². The summed E-state index contributed by atoms with van der Waals surface area (Å²) in [6, 6.07) is 12.4. The van der Waals surface area contributed by atoms with Crippen molar-refractivity contribution in [2.45, 2.75) is 16.6 Å². The monoisotopic (exact) mass is 336 g/mol. The molecule has 4 heteroatoms. The number of rotatable bonds is 2. The van der Waals surface area contributed by atoms with E-state index in [2.05, 4.69) is 15.9 Å². The molecular weight excluding hydrogens is 327 g/mol. The number of Topliss-reactive ketones (excluding diaryl/α,β-unsaturated/α-hetero) is 1. The van der Waals surface area contributed by atoms with Crippen molar-refractivity contribution in [2.24, 2.45) is 0 Å². The van der Waals surface area contributed by atoms with Gasteiger partial charge < -0.3 is 0 Å². The van der Waals surface area contributed by atoms with Crippen molar-refractivity contribution in [1.29, 1.82) is 0 Å². The molecule has 0 aromatic heterocycles. The normalized spacial score (nSPS) is 17.3. The predicted octanol–water partition coefficient (Wildman–Crippen LogP) is 4.49. The first-order valence-electron chi connectivity index (χ1n) is 5.89. The molecule has 2 aromatic carbocycles. The Kier molecular flexibility index (Phi) is 3.46. The van der Waals surface area contributed by atoms with E-state index in [1.54, 1.807) is 12.1 Å². The Morgan fingerprint density at radius 1 is 1.26 bits per heavy atom. The highest BCUT2D eigenvalue weighted by molar-refractivity contribution is 9.10. The van der Waals surface area contributed by atoms with Crippen LogP contribution in [0.5, 0.6) is 0 Å². The first-order chi connectivity index (χ1) is 9.15. The molecule has 1 nitrogen and oxygen atoms in total. The fraction of sp³-hybridized carbons (Fsp3) is 0.133. The van der Waals surface area contributed by atoms with E-state index in [-0.39, 0.29) is 16.6 Å². The van der Waals surface area contributed by atoms with Crippen LogP contribution in [0.25, 0.3) is 0 Å². The Morgan fingerprint density at radius 2 is 2.05 bits per heavy atom. The SMILES string of the molecule is O=C(c1cc(Br)ccc1F)C1Cc2ccccc2S1. The molecule has 0 N–H and O–H groups in total. The molecule has 1 aliphatic heterocycles. The van der Waals surface area contributed by atoms with Gasteiger partial charge in [-0.2, -0.15) is 0 Å². The molecule has 1 unspecified atom stereocenters. The minimum absolute atomic E-state index is 0.139. The lowest BCUT2D eigenvalue weighted by Gasteiger charge is -2.08. The molecule has 0 amide bonds. The number of hydrogen-bond acceptors (Lipinski definition) is 2. The number of carbonyl (C=O) groups excluding carboxylic acids is 1. The molecule has 0 saturated heterocycles. The maximum Gasteiger partial charge on any atom is 0.179 e. The Morgan fingerprint density at radius 3 is 2.84 bits per heavy atom. The second-order valence-corrected chi connectivity index (χ2v) is 6.57. The van der Waals surface area contributed by atoms with Crippen LogP contribution in [0.4, 0.5) is 4.39 Å². The van der Waals surface area contributed by atoms with Gasteiger partial charge in [-0.1, -0.05) is 34.1 Å². The summed E-state index contributed by atoms with van der Waals surface area (Å²) in [5.41, 5.74) is 1.33. The first kappa shape index (κ1) is 12.9. The van der Waals surface area contributed by atoms with Gasteiger partial charge in [0.25, 0.3) is 0 Å². The number of fused-ring (bicyclic) bond motifs is 1. The summed E-state index contributed by atoms with van der Waals surface area (Å²) in [5.74, 6) is -0.593. The van der Waals surface area contributed by atoms with Crippen LogP contribution in [0, 0.1) is 5.82 Å². The van der Waals surface area contributed by atoms with E-state index in [1.807, 2.05) is 24.3 Å². The first-order valence-corrected chi connectivity index (χ1v) is 7.56. The molecule has 1 heterocycles. The van der Waals surface area contributed by atoms with Gasteiger partial charge in [-0.25, -0.2) is 4.39 Å². The van der Waals surface area contributed by atoms with Crippen LogP contribution in [-0.2, 0) is 6.42 Å². The van der Waals surface area contributed by atoms with Gasteiger partial charge in [0.1, 0.15) is 5.82 Å². The van der Waals surface area contributed by atoms with Gasteiger partial charge in [-0.15, -0.1) is 11.8 Å². The average Bonchev–Trinajstić information content (AvgIpc) is 2.84. The topological polar surface area (TPSA) is 17.1 Å². The molecule has 2 aromatic rings. The number of hydrogen-bond donors (Lipinski definition) is 0. The molecule has 0 bridgehead atoms. The minimum Gasteiger partial charge on any atom is -0.293 e. The van der Waals surface area contributed by atoms with Crippen molar-refractivity contribution in [2.75, 3.05) is 0 Å². The standard InChI is InChI=1S/C15H10BrFOS/c16-10-5-6-12(17)11(8-10)15(18)14-7-9-3-1-2-4-13(9)19-14/h1-6,8,14H,7H2. The van der Waals surface area contributed by atoms with Crippen molar-refractivity contribution in [3.8, 4) is 0 Å². The maximum atomic E-state index is 13.8. The summed E-state index contributed by atoms with van der Waals surface area (Å²) >= 11 is 4.80. The third-order valence-electron chi connectivity index (χ3n) is 3.13. The molecule has 0 fully saturated rings. The Balaban J connectivity index is 1.89. The number of carbonyl (C=O) groups is 1. The summed E-state index contributed by atoms with van der Waals surface area (Å²) in [6.07, 6.45) is 0.672. The fourth-order valence-electron chi connectivity index (χ4n) is 2.19. The van der Waals surface area contributed by atoms with Gasteiger partial charge >= 0.3 is 0 Å². The van der Waals surface area contributed by atoms with E-state index < -0.39 is 5.82 Å². The highest BCUT2D eigenvalue weighted by Gasteiger charge is 2.30. The van der Waals surface area contributed by atoms with E-state index in [9.17, 15) is 9.18 Å². The number of thioether (sulfide) groups is 1. The van der Waals surface area contributed by atoms with E-state index in [0.29, 0.717) is 6.42 Å². The summed E-state index contributed by atoms with van der Waals surface area (Å²) in [7, 11) is 0. The van der Waals surface area contributed by atoms with Crippen molar-refractivity contribution in [3.63, 3.8) is 0 Å². The zero-order valence-corrected chi connectivity index (χ0v) is 12.3. The summed E-state index contributed by atoms with van der Waals surface area (Å²) in [5, 5.41) is -0.221. The molecule has 0 spiro atoms. The number of halogens is 2. The van der Waals surface area contributed by atoms with Gasteiger partial charge in [0.2, 0.25) is 0 Å². The molecular formula is C15H10BrFOS. The molecule has 0 aliphatic carbocycles. The second-order valence-electron chi connectivity index (χ2n) is 4.41. The van der Waals surface area contributed by atoms with Gasteiger partial charge in [0.15, 0.2) is 5.78 Å². The van der Waals surface area contributed by atoms with Crippen molar-refractivity contribution in [1.82, 2.24) is 0 Å². The third-order valence-corrected chi connectivity index (χ3v) is 4.94. The lowest BCUT2D eigenvalue weighted by molar-refractivity contribution is 0.0986. The van der Waals surface area contributed by atoms with Gasteiger partial charge in [0, 0.05) is 9.37 Å². The molecule has 96 valence electrons. The summed E-state index contributed by atoms with van der Waals surface area (Å²) in [4.78, 5) is 13.5. The molecule has 19 heavy (non-hydrogen) atoms. The van der Waals surface area contributed by atoms with E-state index in [0.717, 1.165) is 9.37 Å². The van der Waals surface area contributed by atoms with Gasteiger partial charge in [-0.3, -0.25) is 4.79 Å². The Hall–Kier alpha value is -1.13. The largest absolute Gasteiger partial charge is 0.293 e. The maximum absolute atomic E-state index is 13.8. The van der Waals surface area contributed by atoms with Crippen LogP contribution in [0.2, 0.25) is 0 Å². The van der Waals surface area contributed by atoms with Crippen LogP contribution in [0.3, 0.4) is 0 Å². The lowest BCUT2D eigenvalue weighted by Crippen LogP contribution is -2.18. The van der Waals surface area contributed by atoms with E-state index >= 15 is 0 Å². The predicted molar refractivity (Wildman–Crippen MR) is 78.2 cm³/mol. The van der Waals surface area contributed by atoms with Crippen LogP contribution < -0.4 is 0 Å². The van der Waals surface area contributed by atoms with Gasteiger partial charge in [-0.05, 0) is 36.2 Å². The Bertz CT molecular complexity index is 631. The van der Waals surface area contributed by atoms with Crippen molar-refractivity contribution >= 4 is 33.5 Å². The summed E-state index contributed by atoms with van der Waals surface area (Å²) < 4.78 is 14.5. The van der Waals surface area contributed by atoms with E-state index in [1.165, 1.54) is 23.4 Å². The van der Waals surface area contributed by atoms with E-state index in [4.69, 9.17) is 0 Å². The van der Waals surface area contributed by atoms with Crippen LogP contribution in [0.15, 0.2) is 51.8 Å². The highest BCUT2D eigenvalue weighted by Crippen LogP contribution is 2.38. The number of benzene rings is 2. The number of ketones is 1. The molecule has 0 radical (unpaired) electrons. The van der Waals surface area contributed by atoms with Crippen LogP contribution in [-0.4, -0.2) is 11.0 Å². The van der Waals surface area contributed by atoms with Gasteiger partial charge in [0.05, 0.1) is 10.8 Å². The van der Waals surface area contributed by atoms with Crippen molar-refractivity contribution < 1.29 is 9.18 Å². The van der Waals surface area contributed by atoms with Crippen LogP contribution in [0.1, 0.15) is 15.9 Å². The smallest absolute Gasteiger partial charge is 0.179 e. The zero-order chi connectivity index (χ0) is 13.4. The highest BCUT2D eigenvalue weighted by atomic mass is 79.9.